The van der Waals surface area contributed by atoms with Crippen molar-refractivity contribution in [3.05, 3.63) is 0 Å². The molecule has 0 spiro atoms. The summed E-state index contributed by atoms with van der Waals surface area (Å²) in [4.78, 5) is 0. The highest BCUT2D eigenvalue weighted by Crippen LogP contribution is 2.35. The zero-order chi connectivity index (χ0) is 16.4. The summed E-state index contributed by atoms with van der Waals surface area (Å²) in [5, 5.41) is 10.5. The van der Waals surface area contributed by atoms with Crippen molar-refractivity contribution in [2.75, 3.05) is 0 Å². The van der Waals surface area contributed by atoms with Crippen LogP contribution in [0.15, 0.2) is 0 Å². The number of unbranched alkanes of at least 4 members (excludes halogenated alkanes) is 2. The van der Waals surface area contributed by atoms with Crippen molar-refractivity contribution >= 4 is 0 Å². The highest BCUT2D eigenvalue weighted by Gasteiger charge is 2.28. The Morgan fingerprint density at radius 3 is 2.32 bits per heavy atom. The van der Waals surface area contributed by atoms with E-state index in [9.17, 15) is 5.11 Å². The molecule has 1 rings (SSSR count). The van der Waals surface area contributed by atoms with Gasteiger partial charge in [0.1, 0.15) is 0 Å². The van der Waals surface area contributed by atoms with Crippen molar-refractivity contribution in [2.24, 2.45) is 23.7 Å². The third-order valence-electron chi connectivity index (χ3n) is 5.79. The molecule has 0 aliphatic heterocycles. The van der Waals surface area contributed by atoms with Crippen molar-refractivity contribution in [3.8, 4) is 0 Å². The Balaban J connectivity index is 2.14. The van der Waals surface area contributed by atoms with Crippen molar-refractivity contribution < 1.29 is 5.11 Å². The lowest BCUT2D eigenvalue weighted by Crippen LogP contribution is -2.29. The number of aliphatic hydroxyl groups is 1. The monoisotopic (exact) mass is 310 g/mol. The first-order valence-corrected chi connectivity index (χ1v) is 10.2. The molecule has 0 radical (unpaired) electrons. The lowest BCUT2D eigenvalue weighted by Gasteiger charge is -2.34. The van der Waals surface area contributed by atoms with E-state index in [-0.39, 0.29) is 6.10 Å². The predicted octanol–water partition coefficient (Wildman–Crippen LogP) is 6.59. The van der Waals surface area contributed by atoms with E-state index < -0.39 is 0 Å². The first-order chi connectivity index (χ1) is 10.5. The fraction of sp³-hybridized carbons (Fsp3) is 1.00. The van der Waals surface area contributed by atoms with Crippen LogP contribution in [0.25, 0.3) is 0 Å². The maximum Gasteiger partial charge on any atom is 0.0571 e. The summed E-state index contributed by atoms with van der Waals surface area (Å²) in [6, 6.07) is 0. The van der Waals surface area contributed by atoms with Crippen LogP contribution < -0.4 is 0 Å². The molecule has 0 heterocycles. The Morgan fingerprint density at radius 1 is 0.909 bits per heavy atom. The van der Waals surface area contributed by atoms with E-state index in [4.69, 9.17) is 0 Å². The van der Waals surface area contributed by atoms with Gasteiger partial charge in [-0.25, -0.2) is 0 Å². The van der Waals surface area contributed by atoms with Gasteiger partial charge in [-0.2, -0.15) is 0 Å². The molecular formula is C21H42O. The SMILES string of the molecule is CCCCCC1CCC(CCC(C)CCCC(C)C)C(O)C1. The fourth-order valence-corrected chi connectivity index (χ4v) is 4.09. The van der Waals surface area contributed by atoms with Gasteiger partial charge in [0.25, 0.3) is 0 Å². The van der Waals surface area contributed by atoms with Crippen LogP contribution in [0.1, 0.15) is 105 Å². The van der Waals surface area contributed by atoms with Gasteiger partial charge in [-0.3, -0.25) is 0 Å². The lowest BCUT2D eigenvalue weighted by atomic mass is 9.75. The normalized spacial score (nSPS) is 27.3. The van der Waals surface area contributed by atoms with Crippen LogP contribution in [0.5, 0.6) is 0 Å². The third-order valence-corrected chi connectivity index (χ3v) is 5.79. The molecule has 1 saturated carbocycles. The molecule has 0 saturated heterocycles. The molecule has 0 aromatic rings. The molecule has 4 atom stereocenters. The van der Waals surface area contributed by atoms with Gasteiger partial charge < -0.3 is 5.11 Å². The Hall–Kier alpha value is -0.0400. The van der Waals surface area contributed by atoms with Gasteiger partial charge in [0, 0.05) is 0 Å². The number of aliphatic hydroxyl groups excluding tert-OH is 1. The Bertz CT molecular complexity index is 261. The molecule has 1 aliphatic rings. The quantitative estimate of drug-likeness (QED) is 0.427. The van der Waals surface area contributed by atoms with Crippen molar-refractivity contribution in [1.82, 2.24) is 0 Å². The summed E-state index contributed by atoms with van der Waals surface area (Å²) in [5.74, 6) is 3.08. The summed E-state index contributed by atoms with van der Waals surface area (Å²) in [6.45, 7) is 9.32. The van der Waals surface area contributed by atoms with Gasteiger partial charge in [0.2, 0.25) is 0 Å². The molecule has 0 bridgehead atoms. The minimum atomic E-state index is -0.0109. The third kappa shape index (κ3) is 8.56. The second kappa shape index (κ2) is 11.5. The first-order valence-electron chi connectivity index (χ1n) is 10.2. The average Bonchev–Trinajstić information content (AvgIpc) is 2.46. The molecule has 0 amide bonds. The predicted molar refractivity (Wildman–Crippen MR) is 98.1 cm³/mol. The molecule has 1 N–H and O–H groups in total. The minimum absolute atomic E-state index is 0.0109. The number of hydrogen-bond donors (Lipinski definition) is 1. The van der Waals surface area contributed by atoms with Crippen LogP contribution in [0, 0.1) is 23.7 Å². The van der Waals surface area contributed by atoms with Crippen molar-refractivity contribution in [3.63, 3.8) is 0 Å². The molecule has 22 heavy (non-hydrogen) atoms. The highest BCUT2D eigenvalue weighted by molar-refractivity contribution is 4.80. The standard InChI is InChI=1S/C21H42O/c1-5-6-7-11-19-13-15-20(21(22)16-19)14-12-18(4)10-8-9-17(2)3/h17-22H,5-16H2,1-4H3. The second-order valence-corrected chi connectivity index (χ2v) is 8.51. The fourth-order valence-electron chi connectivity index (χ4n) is 4.09. The Kier molecular flexibility index (Phi) is 10.4. The van der Waals surface area contributed by atoms with Gasteiger partial charge in [0.05, 0.1) is 6.10 Å². The molecule has 0 aromatic carbocycles. The molecule has 1 fully saturated rings. The number of hydrogen-bond acceptors (Lipinski definition) is 1. The maximum absolute atomic E-state index is 10.5. The summed E-state index contributed by atoms with van der Waals surface area (Å²) < 4.78 is 0. The summed E-state index contributed by atoms with van der Waals surface area (Å²) in [7, 11) is 0. The molecule has 1 aliphatic carbocycles. The zero-order valence-corrected chi connectivity index (χ0v) is 15.8. The van der Waals surface area contributed by atoms with E-state index in [0.717, 1.165) is 24.2 Å². The van der Waals surface area contributed by atoms with Gasteiger partial charge in [-0.1, -0.05) is 79.1 Å². The Morgan fingerprint density at radius 2 is 1.68 bits per heavy atom. The molecule has 1 nitrogen and oxygen atoms in total. The molecular weight excluding hydrogens is 268 g/mol. The second-order valence-electron chi connectivity index (χ2n) is 8.51. The Labute approximate surface area is 140 Å². The summed E-state index contributed by atoms with van der Waals surface area (Å²) in [5.41, 5.74) is 0. The van der Waals surface area contributed by atoms with E-state index in [1.54, 1.807) is 0 Å². The summed E-state index contributed by atoms with van der Waals surface area (Å²) >= 11 is 0. The largest absolute Gasteiger partial charge is 0.393 e. The smallest absolute Gasteiger partial charge is 0.0571 e. The van der Waals surface area contributed by atoms with Crippen molar-refractivity contribution in [1.29, 1.82) is 0 Å². The van der Waals surface area contributed by atoms with Crippen LogP contribution in [0.2, 0.25) is 0 Å². The molecule has 132 valence electrons. The minimum Gasteiger partial charge on any atom is -0.393 e. The van der Waals surface area contributed by atoms with E-state index in [2.05, 4.69) is 27.7 Å². The van der Waals surface area contributed by atoms with Crippen LogP contribution in [0.4, 0.5) is 0 Å². The van der Waals surface area contributed by atoms with Gasteiger partial charge in [0.15, 0.2) is 0 Å². The van der Waals surface area contributed by atoms with Crippen LogP contribution >= 0.6 is 0 Å². The molecule has 0 aromatic heterocycles. The average molecular weight is 311 g/mol. The zero-order valence-electron chi connectivity index (χ0n) is 15.8. The van der Waals surface area contributed by atoms with Gasteiger partial charge in [-0.15, -0.1) is 0 Å². The lowest BCUT2D eigenvalue weighted by molar-refractivity contribution is 0.0352. The number of rotatable bonds is 11. The van der Waals surface area contributed by atoms with Crippen LogP contribution in [-0.2, 0) is 0 Å². The van der Waals surface area contributed by atoms with E-state index >= 15 is 0 Å². The first kappa shape index (κ1) is 20.0. The van der Waals surface area contributed by atoms with Gasteiger partial charge >= 0.3 is 0 Å². The molecule has 1 heteroatoms. The molecule has 4 unspecified atom stereocenters. The van der Waals surface area contributed by atoms with E-state index in [0.29, 0.717) is 5.92 Å². The van der Waals surface area contributed by atoms with Crippen molar-refractivity contribution in [2.45, 2.75) is 111 Å². The van der Waals surface area contributed by atoms with Crippen LogP contribution in [-0.4, -0.2) is 11.2 Å². The summed E-state index contributed by atoms with van der Waals surface area (Å²) in [6.07, 6.45) is 15.8. The van der Waals surface area contributed by atoms with Gasteiger partial charge in [-0.05, 0) is 49.4 Å². The topological polar surface area (TPSA) is 20.2 Å². The highest BCUT2D eigenvalue weighted by atomic mass is 16.3. The van der Waals surface area contributed by atoms with Crippen LogP contribution in [0.3, 0.4) is 0 Å². The van der Waals surface area contributed by atoms with E-state index in [1.807, 2.05) is 0 Å². The van der Waals surface area contributed by atoms with E-state index in [1.165, 1.54) is 70.6 Å². The maximum atomic E-state index is 10.5.